The molecule has 1 fully saturated rings. The summed E-state index contributed by atoms with van der Waals surface area (Å²) < 4.78 is 15.4. The first kappa shape index (κ1) is 18.7. The first-order chi connectivity index (χ1) is 13.7. The van der Waals surface area contributed by atoms with E-state index in [0.29, 0.717) is 6.54 Å². The number of hydrogen-bond acceptors (Lipinski definition) is 4. The van der Waals surface area contributed by atoms with Gasteiger partial charge in [-0.1, -0.05) is 0 Å². The number of aryl methyl sites for hydroxylation is 1. The molecule has 0 unspecified atom stereocenters. The molecule has 2 aromatic rings. The Kier molecular flexibility index (Phi) is 5.73. The van der Waals surface area contributed by atoms with Gasteiger partial charge in [-0.15, -0.1) is 10.2 Å². The minimum atomic E-state index is -0.195. The number of fused-ring (bicyclic) bond motifs is 1. The number of hydrogen-bond donors (Lipinski definition) is 1. The molecular weight excluding hydrogens is 357 g/mol. The van der Waals surface area contributed by atoms with Gasteiger partial charge in [-0.25, -0.2) is 9.38 Å². The van der Waals surface area contributed by atoms with Gasteiger partial charge in [0.25, 0.3) is 0 Å². The molecule has 7 nitrogen and oxygen atoms in total. The number of guanidine groups is 1. The van der Waals surface area contributed by atoms with Crippen LogP contribution in [0.5, 0.6) is 0 Å². The predicted octanol–water partition coefficient (Wildman–Crippen LogP) is 2.04. The molecule has 0 aliphatic carbocycles. The van der Waals surface area contributed by atoms with Crippen LogP contribution >= 0.6 is 0 Å². The number of nitrogens with zero attached hydrogens (tertiary/aromatic N) is 6. The molecule has 8 heteroatoms. The molecule has 150 valence electrons. The van der Waals surface area contributed by atoms with Gasteiger partial charge < -0.3 is 19.7 Å². The predicted molar refractivity (Wildman–Crippen MR) is 108 cm³/mol. The van der Waals surface area contributed by atoms with E-state index in [9.17, 15) is 4.39 Å². The monoisotopic (exact) mass is 385 g/mol. The maximum atomic E-state index is 13.2. The molecule has 0 amide bonds. The maximum Gasteiger partial charge on any atom is 0.194 e. The average Bonchev–Trinajstić information content (AvgIpc) is 3.15. The fourth-order valence-corrected chi connectivity index (χ4v) is 3.89. The molecule has 2 aliphatic heterocycles. The molecule has 1 saturated heterocycles. The second kappa shape index (κ2) is 8.58. The SMILES string of the molecule is CCNC(=NCc1nnc2n1CCCC2)N1CCN(c2ccc(F)cc2)CC1. The van der Waals surface area contributed by atoms with Crippen molar-refractivity contribution in [2.45, 2.75) is 39.3 Å². The van der Waals surface area contributed by atoms with Gasteiger partial charge in [-0.3, -0.25) is 0 Å². The van der Waals surface area contributed by atoms with E-state index in [1.807, 2.05) is 12.1 Å². The first-order valence-corrected chi connectivity index (χ1v) is 10.2. The highest BCUT2D eigenvalue weighted by atomic mass is 19.1. The van der Waals surface area contributed by atoms with Crippen LogP contribution in [0.1, 0.15) is 31.4 Å². The summed E-state index contributed by atoms with van der Waals surface area (Å²) >= 11 is 0. The molecule has 4 rings (SSSR count). The van der Waals surface area contributed by atoms with Crippen LogP contribution in [-0.2, 0) is 19.5 Å². The summed E-state index contributed by atoms with van der Waals surface area (Å²) in [4.78, 5) is 9.41. The third-order valence-corrected chi connectivity index (χ3v) is 5.41. The molecule has 0 atom stereocenters. The lowest BCUT2D eigenvalue weighted by Gasteiger charge is -2.37. The zero-order chi connectivity index (χ0) is 19.3. The van der Waals surface area contributed by atoms with E-state index in [-0.39, 0.29) is 5.82 Å². The molecule has 2 aliphatic rings. The number of anilines is 1. The van der Waals surface area contributed by atoms with Crippen LogP contribution in [0.25, 0.3) is 0 Å². The first-order valence-electron chi connectivity index (χ1n) is 10.2. The molecule has 1 aromatic carbocycles. The van der Waals surface area contributed by atoms with Crippen molar-refractivity contribution < 1.29 is 4.39 Å². The summed E-state index contributed by atoms with van der Waals surface area (Å²) in [7, 11) is 0. The number of halogens is 1. The summed E-state index contributed by atoms with van der Waals surface area (Å²) in [6, 6.07) is 6.73. The number of nitrogens with one attached hydrogen (secondary N) is 1. The molecular formula is C20H28FN7. The summed E-state index contributed by atoms with van der Waals surface area (Å²) in [5.41, 5.74) is 1.07. The van der Waals surface area contributed by atoms with E-state index in [1.54, 1.807) is 0 Å². The van der Waals surface area contributed by atoms with E-state index in [2.05, 4.69) is 36.8 Å². The van der Waals surface area contributed by atoms with E-state index in [1.165, 1.54) is 25.0 Å². The lowest BCUT2D eigenvalue weighted by atomic mass is 10.2. The van der Waals surface area contributed by atoms with Gasteiger partial charge in [0.1, 0.15) is 18.2 Å². The Morgan fingerprint density at radius 1 is 1.07 bits per heavy atom. The number of benzene rings is 1. The summed E-state index contributed by atoms with van der Waals surface area (Å²) in [6.07, 6.45) is 3.40. The maximum absolute atomic E-state index is 13.2. The van der Waals surface area contributed by atoms with Crippen LogP contribution in [0, 0.1) is 5.82 Å². The summed E-state index contributed by atoms with van der Waals surface area (Å²) in [6.45, 7) is 7.99. The fourth-order valence-electron chi connectivity index (χ4n) is 3.89. The molecule has 1 N–H and O–H groups in total. The third-order valence-electron chi connectivity index (χ3n) is 5.41. The largest absolute Gasteiger partial charge is 0.368 e. The van der Waals surface area contributed by atoms with E-state index in [0.717, 1.165) is 69.0 Å². The van der Waals surface area contributed by atoms with Crippen molar-refractivity contribution >= 4 is 11.6 Å². The second-order valence-corrected chi connectivity index (χ2v) is 7.26. The lowest BCUT2D eigenvalue weighted by Crippen LogP contribution is -2.52. The minimum Gasteiger partial charge on any atom is -0.368 e. The van der Waals surface area contributed by atoms with Gasteiger partial charge in [0.15, 0.2) is 11.8 Å². The summed E-state index contributed by atoms with van der Waals surface area (Å²) in [5.74, 6) is 2.78. The molecule has 0 radical (unpaired) electrons. The van der Waals surface area contributed by atoms with Gasteiger partial charge in [0.05, 0.1) is 0 Å². The number of piperazine rings is 1. The van der Waals surface area contributed by atoms with Gasteiger partial charge in [-0.2, -0.15) is 0 Å². The van der Waals surface area contributed by atoms with Gasteiger partial charge in [-0.05, 0) is 44.0 Å². The number of rotatable bonds is 4. The van der Waals surface area contributed by atoms with Gasteiger partial charge >= 0.3 is 0 Å². The van der Waals surface area contributed by atoms with Gasteiger partial charge in [0, 0.05) is 51.4 Å². The third kappa shape index (κ3) is 4.10. The molecule has 3 heterocycles. The second-order valence-electron chi connectivity index (χ2n) is 7.26. The Morgan fingerprint density at radius 3 is 2.61 bits per heavy atom. The smallest absolute Gasteiger partial charge is 0.194 e. The molecule has 1 aromatic heterocycles. The number of aliphatic imine (C=N–C) groups is 1. The zero-order valence-electron chi connectivity index (χ0n) is 16.4. The van der Waals surface area contributed by atoms with Crippen LogP contribution in [-0.4, -0.2) is 58.3 Å². The summed E-state index contributed by atoms with van der Waals surface area (Å²) in [5, 5.41) is 12.1. The van der Waals surface area contributed by atoms with Crippen molar-refractivity contribution in [1.82, 2.24) is 25.0 Å². The highest BCUT2D eigenvalue weighted by molar-refractivity contribution is 5.80. The Morgan fingerprint density at radius 2 is 1.86 bits per heavy atom. The van der Waals surface area contributed by atoms with Crippen molar-refractivity contribution in [2.75, 3.05) is 37.6 Å². The lowest BCUT2D eigenvalue weighted by molar-refractivity contribution is 0.372. The Labute approximate surface area is 165 Å². The molecule has 0 bridgehead atoms. The van der Waals surface area contributed by atoms with Gasteiger partial charge in [0.2, 0.25) is 0 Å². The van der Waals surface area contributed by atoms with Crippen LogP contribution < -0.4 is 10.2 Å². The highest BCUT2D eigenvalue weighted by Crippen LogP contribution is 2.18. The Hall–Kier alpha value is -2.64. The van der Waals surface area contributed by atoms with Crippen molar-refractivity contribution in [1.29, 1.82) is 0 Å². The highest BCUT2D eigenvalue weighted by Gasteiger charge is 2.21. The van der Waals surface area contributed by atoms with Crippen molar-refractivity contribution in [3.05, 3.63) is 41.7 Å². The van der Waals surface area contributed by atoms with Crippen molar-refractivity contribution in [3.8, 4) is 0 Å². The average molecular weight is 385 g/mol. The zero-order valence-corrected chi connectivity index (χ0v) is 16.4. The Balaban J connectivity index is 1.40. The standard InChI is InChI=1S/C20H28FN7/c1-2-22-20(23-15-19-25-24-18-5-3-4-10-28(18)19)27-13-11-26(12-14-27)17-8-6-16(21)7-9-17/h6-9H,2-5,10-15H2,1H3,(H,22,23). The van der Waals surface area contributed by atoms with Crippen LogP contribution in [0.2, 0.25) is 0 Å². The quantitative estimate of drug-likeness (QED) is 0.645. The van der Waals surface area contributed by atoms with Crippen LogP contribution in [0.3, 0.4) is 0 Å². The van der Waals surface area contributed by atoms with Crippen LogP contribution in [0.4, 0.5) is 10.1 Å². The molecule has 28 heavy (non-hydrogen) atoms. The molecule has 0 spiro atoms. The topological polar surface area (TPSA) is 61.6 Å². The van der Waals surface area contributed by atoms with Crippen LogP contribution in [0.15, 0.2) is 29.3 Å². The molecule has 0 saturated carbocycles. The van der Waals surface area contributed by atoms with E-state index in [4.69, 9.17) is 4.99 Å². The number of aromatic nitrogens is 3. The Bertz CT molecular complexity index is 806. The fraction of sp³-hybridized carbons (Fsp3) is 0.550. The normalized spacial score (nSPS) is 17.6. The minimum absolute atomic E-state index is 0.195. The van der Waals surface area contributed by atoms with Crippen molar-refractivity contribution in [3.63, 3.8) is 0 Å². The van der Waals surface area contributed by atoms with Crippen molar-refractivity contribution in [2.24, 2.45) is 4.99 Å². The van der Waals surface area contributed by atoms with E-state index >= 15 is 0 Å². The van der Waals surface area contributed by atoms with E-state index < -0.39 is 0 Å².